The maximum Gasteiger partial charge on any atom is 0.0512 e. The fraction of sp³-hybridized carbons (Fsp3) is 0.400. The van der Waals surface area contributed by atoms with Crippen LogP contribution in [-0.4, -0.2) is 30.3 Å². The van der Waals surface area contributed by atoms with Crippen LogP contribution in [0.2, 0.25) is 5.02 Å². The highest BCUT2D eigenvalue weighted by Crippen LogP contribution is 2.19. The molecule has 0 bridgehead atoms. The van der Waals surface area contributed by atoms with Gasteiger partial charge in [0.15, 0.2) is 0 Å². The second-order valence-corrected chi connectivity index (χ2v) is 3.81. The molecular formula is C10H15ClN2O. The van der Waals surface area contributed by atoms with Crippen LogP contribution >= 0.6 is 11.6 Å². The molecule has 0 amide bonds. The molecule has 0 fully saturated rings. The number of hydrogen-bond donors (Lipinski definition) is 2. The topological polar surface area (TPSA) is 49.5 Å². The van der Waals surface area contributed by atoms with Crippen molar-refractivity contribution in [3.8, 4) is 0 Å². The number of hydrogen-bond acceptors (Lipinski definition) is 3. The summed E-state index contributed by atoms with van der Waals surface area (Å²) in [6.07, 6.45) is 0. The highest BCUT2D eigenvalue weighted by atomic mass is 35.5. The Hall–Kier alpha value is -0.610. The van der Waals surface area contributed by atoms with Crippen LogP contribution in [0.25, 0.3) is 0 Å². The minimum Gasteiger partial charge on any atom is -0.396 e. The summed E-state index contributed by atoms with van der Waals surface area (Å²) in [4.78, 5) is 0. The van der Waals surface area contributed by atoms with Gasteiger partial charge in [-0.05, 0) is 17.7 Å². The molecule has 0 radical (unpaired) electrons. The first-order valence-electron chi connectivity index (χ1n) is 4.45. The van der Waals surface area contributed by atoms with Gasteiger partial charge in [0.1, 0.15) is 0 Å². The van der Waals surface area contributed by atoms with Crippen molar-refractivity contribution in [2.24, 2.45) is 5.84 Å². The number of hydrazine groups is 1. The fourth-order valence-electron chi connectivity index (χ4n) is 1.38. The second-order valence-electron chi connectivity index (χ2n) is 3.37. The van der Waals surface area contributed by atoms with Gasteiger partial charge in [-0.15, -0.1) is 0 Å². The van der Waals surface area contributed by atoms with Crippen LogP contribution in [0.4, 0.5) is 0 Å². The Kier molecular flexibility index (Phi) is 4.35. The van der Waals surface area contributed by atoms with Gasteiger partial charge in [0.2, 0.25) is 0 Å². The predicted octanol–water partition coefficient (Wildman–Crippen LogP) is 1.22. The van der Waals surface area contributed by atoms with Crippen molar-refractivity contribution in [2.75, 3.05) is 20.2 Å². The van der Waals surface area contributed by atoms with Crippen LogP contribution in [-0.2, 0) is 0 Å². The Labute approximate surface area is 89.1 Å². The Bertz CT molecular complexity index is 291. The Morgan fingerprint density at radius 3 is 2.79 bits per heavy atom. The van der Waals surface area contributed by atoms with Crippen LogP contribution in [0, 0.1) is 0 Å². The number of nitrogens with zero attached hydrogens (tertiary/aromatic N) is 1. The number of rotatable bonds is 4. The summed E-state index contributed by atoms with van der Waals surface area (Å²) >= 11 is 5.86. The van der Waals surface area contributed by atoms with Crippen molar-refractivity contribution in [1.82, 2.24) is 5.01 Å². The van der Waals surface area contributed by atoms with E-state index >= 15 is 0 Å². The lowest BCUT2D eigenvalue weighted by molar-refractivity contribution is 0.222. The first-order valence-corrected chi connectivity index (χ1v) is 4.83. The normalized spacial score (nSPS) is 13.2. The number of halogens is 1. The molecule has 1 aromatic rings. The molecule has 1 rings (SSSR count). The Morgan fingerprint density at radius 2 is 2.29 bits per heavy atom. The van der Waals surface area contributed by atoms with Crippen LogP contribution in [0.3, 0.4) is 0 Å². The molecule has 3 N–H and O–H groups in total. The van der Waals surface area contributed by atoms with Gasteiger partial charge in [0.05, 0.1) is 6.61 Å². The summed E-state index contributed by atoms with van der Waals surface area (Å²) in [6, 6.07) is 7.48. The van der Waals surface area contributed by atoms with E-state index in [9.17, 15) is 5.11 Å². The van der Waals surface area contributed by atoms with E-state index in [0.29, 0.717) is 11.6 Å². The number of nitrogens with two attached hydrogens (primary N) is 1. The average Bonchev–Trinajstić information content (AvgIpc) is 2.14. The summed E-state index contributed by atoms with van der Waals surface area (Å²) in [5.74, 6) is 5.55. The fourth-order valence-corrected chi connectivity index (χ4v) is 1.58. The van der Waals surface area contributed by atoms with E-state index in [1.54, 1.807) is 12.1 Å². The smallest absolute Gasteiger partial charge is 0.0512 e. The van der Waals surface area contributed by atoms with E-state index in [1.165, 1.54) is 0 Å². The molecule has 0 aromatic heterocycles. The first-order chi connectivity index (χ1) is 6.63. The average molecular weight is 215 g/mol. The largest absolute Gasteiger partial charge is 0.396 e. The molecule has 1 unspecified atom stereocenters. The monoisotopic (exact) mass is 214 g/mol. The van der Waals surface area contributed by atoms with Gasteiger partial charge in [-0.1, -0.05) is 23.7 Å². The molecule has 0 aliphatic rings. The summed E-state index contributed by atoms with van der Waals surface area (Å²) in [5, 5.41) is 11.4. The van der Waals surface area contributed by atoms with Gasteiger partial charge in [-0.3, -0.25) is 5.84 Å². The van der Waals surface area contributed by atoms with E-state index in [2.05, 4.69) is 0 Å². The summed E-state index contributed by atoms with van der Waals surface area (Å²) in [7, 11) is 1.77. The summed E-state index contributed by atoms with van der Waals surface area (Å²) in [6.45, 7) is 0.679. The van der Waals surface area contributed by atoms with Gasteiger partial charge in [-0.2, -0.15) is 0 Å². The van der Waals surface area contributed by atoms with E-state index in [-0.39, 0.29) is 12.5 Å². The van der Waals surface area contributed by atoms with Crippen LogP contribution in [0.5, 0.6) is 0 Å². The zero-order valence-corrected chi connectivity index (χ0v) is 8.91. The third kappa shape index (κ3) is 3.27. The van der Waals surface area contributed by atoms with Crippen LogP contribution in [0.15, 0.2) is 24.3 Å². The lowest BCUT2D eigenvalue weighted by Gasteiger charge is -2.19. The zero-order valence-electron chi connectivity index (χ0n) is 8.15. The van der Waals surface area contributed by atoms with E-state index in [1.807, 2.05) is 24.3 Å². The standard InChI is InChI=1S/C10H15ClN2O/c1-13(12)6-9(7-14)8-3-2-4-10(11)5-8/h2-5,9,14H,6-7,12H2,1H3. The third-order valence-corrected chi connectivity index (χ3v) is 2.28. The van der Waals surface area contributed by atoms with Gasteiger partial charge in [-0.25, -0.2) is 5.01 Å². The van der Waals surface area contributed by atoms with Crippen molar-refractivity contribution in [3.63, 3.8) is 0 Å². The quantitative estimate of drug-likeness (QED) is 0.586. The predicted molar refractivity (Wildman–Crippen MR) is 58.1 cm³/mol. The molecule has 14 heavy (non-hydrogen) atoms. The lowest BCUT2D eigenvalue weighted by atomic mass is 10.00. The molecule has 0 saturated heterocycles. The molecule has 4 heteroatoms. The highest BCUT2D eigenvalue weighted by molar-refractivity contribution is 6.30. The van der Waals surface area contributed by atoms with E-state index in [0.717, 1.165) is 5.56 Å². The minimum absolute atomic E-state index is 0.0173. The highest BCUT2D eigenvalue weighted by Gasteiger charge is 2.11. The van der Waals surface area contributed by atoms with Gasteiger partial charge in [0.25, 0.3) is 0 Å². The van der Waals surface area contributed by atoms with Crippen molar-refractivity contribution in [2.45, 2.75) is 5.92 Å². The number of benzene rings is 1. The molecular weight excluding hydrogens is 200 g/mol. The first kappa shape index (κ1) is 11.5. The Balaban J connectivity index is 2.78. The molecule has 1 aromatic carbocycles. The SMILES string of the molecule is CN(N)CC(CO)c1cccc(Cl)c1. The minimum atomic E-state index is 0.0173. The number of likely N-dealkylation sites (N-methyl/N-ethyl adjacent to an activating group) is 1. The summed E-state index contributed by atoms with van der Waals surface area (Å²) < 4.78 is 0. The molecule has 3 nitrogen and oxygen atoms in total. The Morgan fingerprint density at radius 1 is 1.57 bits per heavy atom. The molecule has 78 valence electrons. The van der Waals surface area contributed by atoms with Gasteiger partial charge < -0.3 is 5.11 Å². The van der Waals surface area contributed by atoms with Crippen molar-refractivity contribution in [3.05, 3.63) is 34.9 Å². The van der Waals surface area contributed by atoms with Crippen molar-refractivity contribution in [1.29, 1.82) is 0 Å². The lowest BCUT2D eigenvalue weighted by Crippen LogP contribution is -2.32. The van der Waals surface area contributed by atoms with Crippen LogP contribution in [0.1, 0.15) is 11.5 Å². The van der Waals surface area contributed by atoms with Crippen molar-refractivity contribution < 1.29 is 5.11 Å². The molecule has 0 spiro atoms. The molecule has 0 aliphatic carbocycles. The van der Waals surface area contributed by atoms with Gasteiger partial charge in [0, 0.05) is 24.5 Å². The molecule has 1 atom stereocenters. The molecule has 0 saturated carbocycles. The second kappa shape index (κ2) is 5.32. The van der Waals surface area contributed by atoms with E-state index < -0.39 is 0 Å². The van der Waals surface area contributed by atoms with Gasteiger partial charge >= 0.3 is 0 Å². The maximum absolute atomic E-state index is 9.19. The van der Waals surface area contributed by atoms with Crippen LogP contribution < -0.4 is 5.84 Å². The summed E-state index contributed by atoms with van der Waals surface area (Å²) in [5.41, 5.74) is 1.01. The third-order valence-electron chi connectivity index (χ3n) is 2.05. The molecule has 0 aliphatic heterocycles. The zero-order chi connectivity index (χ0) is 10.6. The van der Waals surface area contributed by atoms with Crippen molar-refractivity contribution >= 4 is 11.6 Å². The van der Waals surface area contributed by atoms with E-state index in [4.69, 9.17) is 17.4 Å². The molecule has 0 heterocycles. The maximum atomic E-state index is 9.19. The number of aliphatic hydroxyl groups excluding tert-OH is 1. The number of aliphatic hydroxyl groups is 1.